The molecule has 4 heteroatoms. The number of carbonyl (C=O) groups is 1. The predicted octanol–water partition coefficient (Wildman–Crippen LogP) is 2.80. The maximum Gasteiger partial charge on any atom is 0.117 e. The first-order valence-electron chi connectivity index (χ1n) is 5.58. The molecule has 0 aromatic heterocycles. The van der Waals surface area contributed by atoms with Crippen LogP contribution in [0.2, 0.25) is 0 Å². The molecule has 0 aliphatic rings. The number of nitrogens with two attached hydrogens (primary N) is 1. The molecule has 2 aromatic rings. The summed E-state index contributed by atoms with van der Waals surface area (Å²) in [6.07, 6.45) is 0. The van der Waals surface area contributed by atoms with Crippen LogP contribution in [0.1, 0.15) is 11.1 Å². The van der Waals surface area contributed by atoms with Gasteiger partial charge in [-0.15, -0.1) is 0 Å². The van der Waals surface area contributed by atoms with E-state index in [0.29, 0.717) is 11.4 Å². The number of hydrogen-bond donors (Lipinski definition) is 3. The van der Waals surface area contributed by atoms with Crippen LogP contribution in [0.4, 0.5) is 5.69 Å². The molecule has 0 aliphatic carbocycles. The van der Waals surface area contributed by atoms with Gasteiger partial charge in [0.05, 0.1) is 0 Å². The van der Waals surface area contributed by atoms with E-state index in [4.69, 9.17) is 20.7 Å². The number of aryl methyl sites for hydroxylation is 2. The molecular formula is C15H19NO3. The van der Waals surface area contributed by atoms with Crippen molar-refractivity contribution >= 4 is 12.5 Å². The first kappa shape index (κ1) is 16.5. The summed E-state index contributed by atoms with van der Waals surface area (Å²) in [5.41, 5.74) is 8.09. The van der Waals surface area contributed by atoms with Gasteiger partial charge in [0.1, 0.15) is 18.3 Å². The van der Waals surface area contributed by atoms with E-state index in [1.165, 1.54) is 6.07 Å². The lowest BCUT2D eigenvalue weighted by atomic mass is 10.1. The van der Waals surface area contributed by atoms with Crippen molar-refractivity contribution in [3.8, 4) is 11.5 Å². The van der Waals surface area contributed by atoms with E-state index in [9.17, 15) is 0 Å². The summed E-state index contributed by atoms with van der Waals surface area (Å²) >= 11 is 0. The van der Waals surface area contributed by atoms with Gasteiger partial charge in [0.15, 0.2) is 0 Å². The van der Waals surface area contributed by atoms with Crippen LogP contribution in [0.3, 0.4) is 0 Å². The molecule has 0 saturated heterocycles. The SMILES string of the molecule is C=O.Cc1cc(C)cc(O)c1.Nc1cccc(O)c1. The van der Waals surface area contributed by atoms with E-state index < -0.39 is 0 Å². The van der Waals surface area contributed by atoms with Crippen LogP contribution < -0.4 is 5.73 Å². The second-order valence-electron chi connectivity index (χ2n) is 3.94. The van der Waals surface area contributed by atoms with Gasteiger partial charge in [0.25, 0.3) is 0 Å². The fourth-order valence-corrected chi connectivity index (χ4v) is 1.48. The molecule has 0 heterocycles. The van der Waals surface area contributed by atoms with Gasteiger partial charge in [-0.1, -0.05) is 12.1 Å². The van der Waals surface area contributed by atoms with Gasteiger partial charge in [-0.25, -0.2) is 0 Å². The summed E-state index contributed by atoms with van der Waals surface area (Å²) in [5, 5.41) is 17.7. The van der Waals surface area contributed by atoms with Crippen LogP contribution in [-0.2, 0) is 4.79 Å². The second kappa shape index (κ2) is 8.58. The third-order valence-electron chi connectivity index (χ3n) is 2.08. The summed E-state index contributed by atoms with van der Waals surface area (Å²) in [5.74, 6) is 0.567. The molecule has 0 atom stereocenters. The highest BCUT2D eigenvalue weighted by Gasteiger charge is 1.89. The van der Waals surface area contributed by atoms with Gasteiger partial charge in [-0.2, -0.15) is 0 Å². The van der Waals surface area contributed by atoms with Gasteiger partial charge in [0.2, 0.25) is 0 Å². The van der Waals surface area contributed by atoms with Crippen molar-refractivity contribution in [1.29, 1.82) is 0 Å². The van der Waals surface area contributed by atoms with E-state index in [1.807, 2.05) is 26.7 Å². The Morgan fingerprint density at radius 1 is 0.895 bits per heavy atom. The van der Waals surface area contributed by atoms with Crippen LogP contribution >= 0.6 is 0 Å². The molecule has 4 nitrogen and oxygen atoms in total. The Hall–Kier alpha value is -2.49. The lowest BCUT2D eigenvalue weighted by Crippen LogP contribution is -1.80. The third kappa shape index (κ3) is 7.44. The molecule has 19 heavy (non-hydrogen) atoms. The predicted molar refractivity (Wildman–Crippen MR) is 77.2 cm³/mol. The van der Waals surface area contributed by atoms with Crippen molar-refractivity contribution in [2.45, 2.75) is 13.8 Å². The molecular weight excluding hydrogens is 242 g/mol. The number of nitrogen functional groups attached to an aromatic ring is 1. The van der Waals surface area contributed by atoms with Crippen LogP contribution in [0.25, 0.3) is 0 Å². The molecule has 0 amide bonds. The second-order valence-corrected chi connectivity index (χ2v) is 3.94. The average Bonchev–Trinajstić information content (AvgIpc) is 2.30. The molecule has 0 aliphatic heterocycles. The number of phenols is 2. The smallest absolute Gasteiger partial charge is 0.117 e. The summed E-state index contributed by atoms with van der Waals surface area (Å²) in [4.78, 5) is 8.00. The lowest BCUT2D eigenvalue weighted by Gasteiger charge is -1.95. The largest absolute Gasteiger partial charge is 0.508 e. The Labute approximate surface area is 113 Å². The Kier molecular flexibility index (Phi) is 7.45. The molecule has 4 N–H and O–H groups in total. The molecule has 2 aromatic carbocycles. The number of rotatable bonds is 0. The molecule has 0 bridgehead atoms. The molecule has 102 valence electrons. The molecule has 0 spiro atoms. The monoisotopic (exact) mass is 261 g/mol. The van der Waals surface area contributed by atoms with Gasteiger partial charge in [0, 0.05) is 11.8 Å². The molecule has 0 saturated carbocycles. The van der Waals surface area contributed by atoms with Crippen LogP contribution in [-0.4, -0.2) is 17.0 Å². The number of anilines is 1. The fraction of sp³-hybridized carbons (Fsp3) is 0.133. The van der Waals surface area contributed by atoms with Crippen molar-refractivity contribution in [1.82, 2.24) is 0 Å². The number of hydrogen-bond acceptors (Lipinski definition) is 4. The quantitative estimate of drug-likeness (QED) is 0.637. The van der Waals surface area contributed by atoms with E-state index in [0.717, 1.165) is 11.1 Å². The minimum atomic E-state index is 0.213. The van der Waals surface area contributed by atoms with Crippen molar-refractivity contribution in [2.75, 3.05) is 5.73 Å². The highest BCUT2D eigenvalue weighted by Crippen LogP contribution is 2.13. The van der Waals surface area contributed by atoms with Crippen molar-refractivity contribution < 1.29 is 15.0 Å². The maximum atomic E-state index is 8.99. The zero-order chi connectivity index (χ0) is 14.8. The van der Waals surface area contributed by atoms with Crippen molar-refractivity contribution in [2.24, 2.45) is 0 Å². The number of benzene rings is 2. The number of phenolic OH excluding ortho intramolecular Hbond substituents is 2. The topological polar surface area (TPSA) is 83.5 Å². The third-order valence-corrected chi connectivity index (χ3v) is 2.08. The zero-order valence-corrected chi connectivity index (χ0v) is 11.1. The van der Waals surface area contributed by atoms with Crippen LogP contribution in [0.15, 0.2) is 42.5 Å². The molecule has 0 fully saturated rings. The van der Waals surface area contributed by atoms with Crippen LogP contribution in [0.5, 0.6) is 11.5 Å². The molecule has 2 rings (SSSR count). The minimum absolute atomic E-state index is 0.213. The number of carbonyl (C=O) groups excluding carboxylic acids is 1. The van der Waals surface area contributed by atoms with Gasteiger partial charge < -0.3 is 20.7 Å². The first-order chi connectivity index (χ1) is 8.97. The van der Waals surface area contributed by atoms with Gasteiger partial charge in [-0.05, 0) is 49.2 Å². The summed E-state index contributed by atoms with van der Waals surface area (Å²) in [7, 11) is 0. The normalized spacial score (nSPS) is 8.53. The first-order valence-corrected chi connectivity index (χ1v) is 5.58. The van der Waals surface area contributed by atoms with Gasteiger partial charge >= 0.3 is 0 Å². The van der Waals surface area contributed by atoms with E-state index in [2.05, 4.69) is 0 Å². The minimum Gasteiger partial charge on any atom is -0.508 e. The average molecular weight is 261 g/mol. The maximum absolute atomic E-state index is 8.99. The highest BCUT2D eigenvalue weighted by molar-refractivity contribution is 5.42. The Bertz CT molecular complexity index is 445. The molecule has 0 radical (unpaired) electrons. The Morgan fingerprint density at radius 3 is 1.74 bits per heavy atom. The fourth-order valence-electron chi connectivity index (χ4n) is 1.48. The Balaban J connectivity index is 0.000000303. The summed E-state index contributed by atoms with van der Waals surface area (Å²) in [6.45, 7) is 5.93. The Morgan fingerprint density at radius 2 is 1.42 bits per heavy atom. The summed E-state index contributed by atoms with van der Waals surface area (Å²) < 4.78 is 0. The number of aromatic hydroxyl groups is 2. The van der Waals surface area contributed by atoms with Crippen LogP contribution in [0, 0.1) is 13.8 Å². The van der Waals surface area contributed by atoms with Crippen molar-refractivity contribution in [3.05, 3.63) is 53.6 Å². The zero-order valence-electron chi connectivity index (χ0n) is 11.1. The van der Waals surface area contributed by atoms with E-state index in [-0.39, 0.29) is 5.75 Å². The van der Waals surface area contributed by atoms with E-state index in [1.54, 1.807) is 30.3 Å². The van der Waals surface area contributed by atoms with Gasteiger partial charge in [-0.3, -0.25) is 0 Å². The highest BCUT2D eigenvalue weighted by atomic mass is 16.3. The van der Waals surface area contributed by atoms with Crippen molar-refractivity contribution in [3.63, 3.8) is 0 Å². The standard InChI is InChI=1S/C8H10O.C6H7NO.CH2O/c1-6-3-7(2)5-8(9)4-6;7-5-2-1-3-6(8)4-5;1-2/h3-5,9H,1-2H3;1-4,8H,7H2;1H2. The molecule has 0 unspecified atom stereocenters. The lowest BCUT2D eigenvalue weighted by molar-refractivity contribution is -0.0979. The van der Waals surface area contributed by atoms with E-state index >= 15 is 0 Å². The summed E-state index contributed by atoms with van der Waals surface area (Å²) in [6, 6.07) is 12.0.